The molecule has 33 heavy (non-hydrogen) atoms. The maximum atomic E-state index is 12.8. The monoisotopic (exact) mass is 451 g/mol. The topological polar surface area (TPSA) is 107 Å². The number of amides is 1. The highest BCUT2D eigenvalue weighted by atomic mass is 16.7. The largest absolute Gasteiger partial charge is 0.507 e. The van der Waals surface area contributed by atoms with Crippen molar-refractivity contribution in [3.05, 3.63) is 81.4 Å². The van der Waals surface area contributed by atoms with Gasteiger partial charge >= 0.3 is 5.63 Å². The zero-order chi connectivity index (χ0) is 23.4. The summed E-state index contributed by atoms with van der Waals surface area (Å²) in [6, 6.07) is 14.2. The fraction of sp³-hybridized carbons (Fsp3) is 0.280. The molecule has 4 rings (SSSR count). The van der Waals surface area contributed by atoms with Crippen LogP contribution in [0.1, 0.15) is 34.8 Å². The molecule has 172 valence electrons. The van der Waals surface area contributed by atoms with E-state index in [2.05, 4.69) is 5.32 Å². The SMILES string of the molecule is COc1ccc(CCNC(=O)C[C@H](c2ccc3c(c2)OCO3)c2c(O)cc(C)oc2=O)cc1. The summed E-state index contributed by atoms with van der Waals surface area (Å²) in [5.41, 5.74) is 1.04. The van der Waals surface area contributed by atoms with Crippen LogP contribution in [0.2, 0.25) is 0 Å². The van der Waals surface area contributed by atoms with Crippen molar-refractivity contribution in [2.45, 2.75) is 25.7 Å². The van der Waals surface area contributed by atoms with Gasteiger partial charge in [0.15, 0.2) is 11.5 Å². The Morgan fingerprint density at radius 2 is 1.88 bits per heavy atom. The third-order valence-electron chi connectivity index (χ3n) is 5.52. The molecule has 2 heterocycles. The number of fused-ring (bicyclic) bond motifs is 1. The summed E-state index contributed by atoms with van der Waals surface area (Å²) >= 11 is 0. The fourth-order valence-electron chi connectivity index (χ4n) is 3.84. The van der Waals surface area contributed by atoms with Gasteiger partial charge in [-0.05, 0) is 48.7 Å². The van der Waals surface area contributed by atoms with Crippen LogP contribution >= 0.6 is 0 Å². The van der Waals surface area contributed by atoms with Crippen LogP contribution in [0.4, 0.5) is 0 Å². The predicted molar refractivity (Wildman–Crippen MR) is 120 cm³/mol. The van der Waals surface area contributed by atoms with E-state index in [-0.39, 0.29) is 36.2 Å². The number of aromatic hydroxyl groups is 1. The van der Waals surface area contributed by atoms with Gasteiger partial charge in [-0.3, -0.25) is 4.79 Å². The lowest BCUT2D eigenvalue weighted by Crippen LogP contribution is -2.28. The number of hydrogen-bond donors (Lipinski definition) is 2. The standard InChI is InChI=1S/C25H25NO7/c1-15-11-20(27)24(25(29)33-15)19(17-5-8-21-22(12-17)32-14-31-21)13-23(28)26-10-9-16-3-6-18(30-2)7-4-16/h3-8,11-12,19,27H,9-10,13-14H2,1-2H3,(H,26,28)/t19-/m1/s1. The second-order valence-electron chi connectivity index (χ2n) is 7.76. The Morgan fingerprint density at radius 3 is 2.61 bits per heavy atom. The van der Waals surface area contributed by atoms with Gasteiger partial charge in [0.2, 0.25) is 12.7 Å². The van der Waals surface area contributed by atoms with Crippen LogP contribution in [0.5, 0.6) is 23.0 Å². The summed E-state index contributed by atoms with van der Waals surface area (Å²) in [5.74, 6) is 0.969. The molecule has 1 aromatic heterocycles. The summed E-state index contributed by atoms with van der Waals surface area (Å²) in [6.45, 7) is 2.10. The van der Waals surface area contributed by atoms with Gasteiger partial charge in [-0.15, -0.1) is 0 Å². The summed E-state index contributed by atoms with van der Waals surface area (Å²) in [5, 5.41) is 13.4. The van der Waals surface area contributed by atoms with Crippen molar-refractivity contribution in [1.29, 1.82) is 0 Å². The van der Waals surface area contributed by atoms with Crippen molar-refractivity contribution in [3.8, 4) is 23.0 Å². The van der Waals surface area contributed by atoms with Crippen molar-refractivity contribution >= 4 is 5.91 Å². The van der Waals surface area contributed by atoms with Crippen molar-refractivity contribution in [2.75, 3.05) is 20.4 Å². The zero-order valence-corrected chi connectivity index (χ0v) is 18.4. The molecule has 0 aliphatic carbocycles. The first kappa shape index (κ1) is 22.3. The lowest BCUT2D eigenvalue weighted by atomic mass is 9.88. The van der Waals surface area contributed by atoms with E-state index in [1.54, 1.807) is 32.2 Å². The number of nitrogens with one attached hydrogen (secondary N) is 1. The van der Waals surface area contributed by atoms with E-state index in [1.165, 1.54) is 6.07 Å². The number of rotatable bonds is 8. The van der Waals surface area contributed by atoms with E-state index in [9.17, 15) is 14.7 Å². The average molecular weight is 451 g/mol. The first-order valence-corrected chi connectivity index (χ1v) is 10.6. The van der Waals surface area contributed by atoms with Gasteiger partial charge < -0.3 is 29.1 Å². The summed E-state index contributed by atoms with van der Waals surface area (Å²) in [6.07, 6.45) is 0.589. The molecule has 1 amide bonds. The molecule has 1 atom stereocenters. The third-order valence-corrected chi connectivity index (χ3v) is 5.52. The van der Waals surface area contributed by atoms with E-state index in [0.717, 1.165) is 11.3 Å². The molecule has 2 aromatic carbocycles. The molecule has 3 aromatic rings. The normalized spacial score (nSPS) is 12.9. The third kappa shape index (κ3) is 5.11. The maximum Gasteiger partial charge on any atom is 0.343 e. The summed E-state index contributed by atoms with van der Waals surface area (Å²) in [4.78, 5) is 25.4. The van der Waals surface area contributed by atoms with Crippen LogP contribution < -0.4 is 25.2 Å². The van der Waals surface area contributed by atoms with Crippen LogP contribution in [0.15, 0.2) is 57.7 Å². The number of hydrogen-bond acceptors (Lipinski definition) is 7. The highest BCUT2D eigenvalue weighted by Crippen LogP contribution is 2.38. The predicted octanol–water partition coefficient (Wildman–Crippen LogP) is 3.27. The lowest BCUT2D eigenvalue weighted by Gasteiger charge is -2.18. The highest BCUT2D eigenvalue weighted by Gasteiger charge is 2.27. The molecule has 2 N–H and O–H groups in total. The molecule has 0 bridgehead atoms. The average Bonchev–Trinajstić information content (AvgIpc) is 3.26. The summed E-state index contributed by atoms with van der Waals surface area (Å²) in [7, 11) is 1.61. The van der Waals surface area contributed by atoms with E-state index in [4.69, 9.17) is 18.6 Å². The van der Waals surface area contributed by atoms with Crippen molar-refractivity contribution < 1.29 is 28.5 Å². The Balaban J connectivity index is 1.52. The smallest absolute Gasteiger partial charge is 0.343 e. The minimum absolute atomic E-state index is 0.0322. The summed E-state index contributed by atoms with van der Waals surface area (Å²) < 4.78 is 21.2. The highest BCUT2D eigenvalue weighted by molar-refractivity contribution is 5.77. The Labute approximate surface area is 190 Å². The Bertz CT molecular complexity index is 1200. The van der Waals surface area contributed by atoms with Gasteiger partial charge in [-0.25, -0.2) is 4.79 Å². The molecule has 1 aliphatic rings. The van der Waals surface area contributed by atoms with Crippen LogP contribution in [0, 0.1) is 6.92 Å². The molecular formula is C25H25NO7. The molecule has 8 nitrogen and oxygen atoms in total. The molecule has 0 saturated carbocycles. The molecule has 0 radical (unpaired) electrons. The maximum absolute atomic E-state index is 12.8. The molecule has 0 unspecified atom stereocenters. The van der Waals surface area contributed by atoms with Crippen molar-refractivity contribution in [2.24, 2.45) is 0 Å². The number of aryl methyl sites for hydroxylation is 1. The first-order chi connectivity index (χ1) is 15.9. The van der Waals surface area contributed by atoms with Crippen LogP contribution in [-0.2, 0) is 11.2 Å². The first-order valence-electron chi connectivity index (χ1n) is 10.6. The minimum Gasteiger partial charge on any atom is -0.507 e. The van der Waals surface area contributed by atoms with Gasteiger partial charge in [-0.2, -0.15) is 0 Å². The van der Waals surface area contributed by atoms with Crippen molar-refractivity contribution in [3.63, 3.8) is 0 Å². The number of carbonyl (C=O) groups is 1. The van der Waals surface area contributed by atoms with Crippen LogP contribution in [0.3, 0.4) is 0 Å². The molecule has 0 saturated heterocycles. The molecular weight excluding hydrogens is 426 g/mol. The molecule has 0 fully saturated rings. The zero-order valence-electron chi connectivity index (χ0n) is 18.4. The van der Waals surface area contributed by atoms with Gasteiger partial charge in [-0.1, -0.05) is 18.2 Å². The molecule has 0 spiro atoms. The number of carbonyl (C=O) groups excluding carboxylic acids is 1. The van der Waals surface area contributed by atoms with E-state index in [0.29, 0.717) is 30.0 Å². The fourth-order valence-corrected chi connectivity index (χ4v) is 3.84. The Kier molecular flexibility index (Phi) is 6.53. The second-order valence-corrected chi connectivity index (χ2v) is 7.76. The van der Waals surface area contributed by atoms with Gasteiger partial charge in [0, 0.05) is 24.9 Å². The van der Waals surface area contributed by atoms with Crippen molar-refractivity contribution in [1.82, 2.24) is 5.32 Å². The van der Waals surface area contributed by atoms with Gasteiger partial charge in [0.1, 0.15) is 17.3 Å². The number of benzene rings is 2. The van der Waals surface area contributed by atoms with Crippen LogP contribution in [-0.4, -0.2) is 31.5 Å². The molecule has 8 heteroatoms. The van der Waals surface area contributed by atoms with Gasteiger partial charge in [0.25, 0.3) is 0 Å². The molecule has 1 aliphatic heterocycles. The van der Waals surface area contributed by atoms with E-state index >= 15 is 0 Å². The lowest BCUT2D eigenvalue weighted by molar-refractivity contribution is -0.121. The quantitative estimate of drug-likeness (QED) is 0.541. The van der Waals surface area contributed by atoms with E-state index < -0.39 is 11.5 Å². The van der Waals surface area contributed by atoms with Crippen LogP contribution in [0.25, 0.3) is 0 Å². The van der Waals surface area contributed by atoms with Gasteiger partial charge in [0.05, 0.1) is 12.7 Å². The number of ether oxygens (including phenoxy) is 3. The Morgan fingerprint density at radius 1 is 1.12 bits per heavy atom. The second kappa shape index (κ2) is 9.68. The Hall–Kier alpha value is -3.94. The number of methoxy groups -OCH3 is 1. The van der Waals surface area contributed by atoms with E-state index in [1.807, 2.05) is 24.3 Å². The minimum atomic E-state index is -0.725.